The van der Waals surface area contributed by atoms with E-state index in [1.807, 2.05) is 0 Å². The number of nitriles is 1. The van der Waals surface area contributed by atoms with Gasteiger partial charge in [-0.3, -0.25) is 0 Å². The number of rotatable bonds is 5. The van der Waals surface area contributed by atoms with Crippen molar-refractivity contribution in [1.29, 1.82) is 5.26 Å². The summed E-state index contributed by atoms with van der Waals surface area (Å²) in [6.45, 7) is 3.94. The summed E-state index contributed by atoms with van der Waals surface area (Å²) >= 11 is 0. The lowest BCUT2D eigenvalue weighted by Crippen LogP contribution is -2.32. The van der Waals surface area contributed by atoms with E-state index in [-0.39, 0.29) is 0 Å². The van der Waals surface area contributed by atoms with Gasteiger partial charge < -0.3 is 10.1 Å². The molecule has 1 heterocycles. The van der Waals surface area contributed by atoms with Crippen LogP contribution in [-0.2, 0) is 4.74 Å². The minimum atomic E-state index is 0.338. The molecule has 0 aromatic heterocycles. The van der Waals surface area contributed by atoms with Crippen molar-refractivity contribution in [2.24, 2.45) is 11.3 Å². The summed E-state index contributed by atoms with van der Waals surface area (Å²) in [5, 5.41) is 12.2. The first kappa shape index (κ1) is 10.9. The van der Waals surface area contributed by atoms with Crippen LogP contribution in [0, 0.1) is 22.7 Å². The summed E-state index contributed by atoms with van der Waals surface area (Å²) in [6, 6.07) is 2.29. The van der Waals surface area contributed by atoms with Gasteiger partial charge in [0.05, 0.1) is 12.7 Å². The molecule has 1 saturated carbocycles. The molecule has 1 N–H and O–H groups in total. The van der Waals surface area contributed by atoms with Crippen LogP contribution < -0.4 is 5.32 Å². The number of ether oxygens (including phenoxy) is 1. The molecule has 1 aliphatic carbocycles. The molecule has 0 bridgehead atoms. The summed E-state index contributed by atoms with van der Waals surface area (Å²) in [6.07, 6.45) is 5.68. The number of nitrogens with zero attached hydrogens (tertiary/aromatic N) is 1. The van der Waals surface area contributed by atoms with Gasteiger partial charge >= 0.3 is 0 Å². The Morgan fingerprint density at radius 2 is 2.33 bits per heavy atom. The minimum absolute atomic E-state index is 0.338. The molecule has 2 rings (SSSR count). The predicted octanol–water partition coefficient (Wildman–Crippen LogP) is 1.70. The first-order valence-electron chi connectivity index (χ1n) is 6.00. The van der Waals surface area contributed by atoms with Gasteiger partial charge in [-0.25, -0.2) is 0 Å². The number of nitrogens with one attached hydrogen (secondary N) is 1. The fourth-order valence-corrected chi connectivity index (χ4v) is 2.27. The molecule has 2 fully saturated rings. The summed E-state index contributed by atoms with van der Waals surface area (Å²) in [5.74, 6) is 0.691. The van der Waals surface area contributed by atoms with Crippen LogP contribution in [0.25, 0.3) is 0 Å². The molecule has 2 aliphatic rings. The van der Waals surface area contributed by atoms with Gasteiger partial charge in [-0.1, -0.05) is 0 Å². The van der Waals surface area contributed by atoms with Crippen molar-refractivity contribution in [3.8, 4) is 6.07 Å². The summed E-state index contributed by atoms with van der Waals surface area (Å²) in [7, 11) is 0. The van der Waals surface area contributed by atoms with Crippen molar-refractivity contribution in [1.82, 2.24) is 5.32 Å². The van der Waals surface area contributed by atoms with Crippen molar-refractivity contribution in [3.05, 3.63) is 0 Å². The summed E-state index contributed by atoms with van der Waals surface area (Å²) in [5.41, 5.74) is 0.338. The standard InChI is InChI=1S/C12H20N2O/c13-6-5-12(3-4-12)10-14-8-11-2-1-7-15-9-11/h11,14H,1-5,7-10H2. The Labute approximate surface area is 91.8 Å². The summed E-state index contributed by atoms with van der Waals surface area (Å²) in [4.78, 5) is 0. The van der Waals surface area contributed by atoms with Crippen LogP contribution in [0.15, 0.2) is 0 Å². The van der Waals surface area contributed by atoms with E-state index in [2.05, 4.69) is 11.4 Å². The maximum absolute atomic E-state index is 8.69. The van der Waals surface area contributed by atoms with Crippen LogP contribution in [0.3, 0.4) is 0 Å². The molecule has 15 heavy (non-hydrogen) atoms. The third-order valence-corrected chi connectivity index (χ3v) is 3.60. The number of hydrogen-bond acceptors (Lipinski definition) is 3. The highest BCUT2D eigenvalue weighted by molar-refractivity contribution is 5.00. The van der Waals surface area contributed by atoms with E-state index in [0.717, 1.165) is 32.7 Å². The Bertz CT molecular complexity index is 236. The van der Waals surface area contributed by atoms with Crippen LogP contribution in [-0.4, -0.2) is 26.3 Å². The zero-order valence-electron chi connectivity index (χ0n) is 9.30. The smallest absolute Gasteiger partial charge is 0.0628 e. The third kappa shape index (κ3) is 3.19. The number of hydrogen-bond donors (Lipinski definition) is 1. The monoisotopic (exact) mass is 208 g/mol. The molecule has 0 spiro atoms. The third-order valence-electron chi connectivity index (χ3n) is 3.60. The van der Waals surface area contributed by atoms with Gasteiger partial charge in [-0.15, -0.1) is 0 Å². The average molecular weight is 208 g/mol. The Morgan fingerprint density at radius 3 is 2.93 bits per heavy atom. The zero-order chi connectivity index (χ0) is 10.6. The summed E-state index contributed by atoms with van der Waals surface area (Å²) < 4.78 is 5.44. The van der Waals surface area contributed by atoms with Crippen molar-refractivity contribution < 1.29 is 4.74 Å². The molecule has 1 atom stereocenters. The first-order chi connectivity index (χ1) is 7.35. The molecule has 0 aromatic rings. The normalized spacial score (nSPS) is 28.3. The molecule has 84 valence electrons. The van der Waals surface area contributed by atoms with Crippen LogP contribution >= 0.6 is 0 Å². The fraction of sp³-hybridized carbons (Fsp3) is 0.917. The zero-order valence-corrected chi connectivity index (χ0v) is 9.30. The van der Waals surface area contributed by atoms with E-state index in [1.54, 1.807) is 0 Å². The van der Waals surface area contributed by atoms with Crippen molar-refractivity contribution in [2.45, 2.75) is 32.1 Å². The van der Waals surface area contributed by atoms with Crippen molar-refractivity contribution >= 4 is 0 Å². The van der Waals surface area contributed by atoms with E-state index >= 15 is 0 Å². The largest absolute Gasteiger partial charge is 0.381 e. The topological polar surface area (TPSA) is 45.0 Å². The molecular formula is C12H20N2O. The van der Waals surface area contributed by atoms with E-state index in [0.29, 0.717) is 11.3 Å². The minimum Gasteiger partial charge on any atom is -0.381 e. The lowest BCUT2D eigenvalue weighted by Gasteiger charge is -2.23. The second-order valence-corrected chi connectivity index (χ2v) is 5.05. The lowest BCUT2D eigenvalue weighted by molar-refractivity contribution is 0.0544. The molecular weight excluding hydrogens is 188 g/mol. The Balaban J connectivity index is 1.60. The Morgan fingerprint density at radius 1 is 1.47 bits per heavy atom. The van der Waals surface area contributed by atoms with Gasteiger partial charge in [-0.2, -0.15) is 5.26 Å². The van der Waals surface area contributed by atoms with E-state index in [1.165, 1.54) is 25.7 Å². The molecule has 3 nitrogen and oxygen atoms in total. The molecule has 0 aromatic carbocycles. The highest BCUT2D eigenvalue weighted by atomic mass is 16.5. The second-order valence-electron chi connectivity index (χ2n) is 5.05. The maximum atomic E-state index is 8.69. The fourth-order valence-electron chi connectivity index (χ4n) is 2.27. The predicted molar refractivity (Wildman–Crippen MR) is 58.3 cm³/mol. The van der Waals surface area contributed by atoms with Gasteiger partial charge in [0.15, 0.2) is 0 Å². The SMILES string of the molecule is N#CCC1(CNCC2CCCOC2)CC1. The highest BCUT2D eigenvalue weighted by Crippen LogP contribution is 2.47. The van der Waals surface area contributed by atoms with Crippen molar-refractivity contribution in [2.75, 3.05) is 26.3 Å². The van der Waals surface area contributed by atoms with Gasteiger partial charge in [-0.05, 0) is 37.0 Å². The molecule has 3 heteroatoms. The van der Waals surface area contributed by atoms with E-state index in [4.69, 9.17) is 10.00 Å². The van der Waals surface area contributed by atoms with Crippen LogP contribution in [0.4, 0.5) is 0 Å². The second kappa shape index (κ2) is 4.96. The quantitative estimate of drug-likeness (QED) is 0.748. The Hall–Kier alpha value is -0.590. The van der Waals surface area contributed by atoms with E-state index < -0.39 is 0 Å². The van der Waals surface area contributed by atoms with Gasteiger partial charge in [0.1, 0.15) is 0 Å². The molecule has 1 unspecified atom stereocenters. The van der Waals surface area contributed by atoms with Gasteiger partial charge in [0.2, 0.25) is 0 Å². The Kier molecular flexibility index (Phi) is 3.61. The first-order valence-corrected chi connectivity index (χ1v) is 6.00. The maximum Gasteiger partial charge on any atom is 0.0628 e. The molecule has 0 radical (unpaired) electrons. The van der Waals surface area contributed by atoms with Crippen LogP contribution in [0.2, 0.25) is 0 Å². The van der Waals surface area contributed by atoms with Crippen LogP contribution in [0.5, 0.6) is 0 Å². The van der Waals surface area contributed by atoms with Crippen molar-refractivity contribution in [3.63, 3.8) is 0 Å². The van der Waals surface area contributed by atoms with Gasteiger partial charge in [0.25, 0.3) is 0 Å². The molecule has 0 amide bonds. The lowest BCUT2D eigenvalue weighted by atomic mass is 10.0. The molecule has 1 aliphatic heterocycles. The van der Waals surface area contributed by atoms with E-state index in [9.17, 15) is 0 Å². The average Bonchev–Trinajstić information content (AvgIpc) is 3.00. The van der Waals surface area contributed by atoms with Gasteiger partial charge in [0, 0.05) is 26.1 Å². The molecule has 1 saturated heterocycles. The van der Waals surface area contributed by atoms with Crippen LogP contribution in [0.1, 0.15) is 32.1 Å². The highest BCUT2D eigenvalue weighted by Gasteiger charge is 2.41.